The molecule has 1 aliphatic carbocycles. The van der Waals surface area contributed by atoms with Crippen molar-refractivity contribution < 1.29 is 24.2 Å². The molecule has 2 N–H and O–H groups in total. The number of ether oxygens (including phenoxy) is 1. The molecule has 2 unspecified atom stereocenters. The number of aliphatic carboxylic acids is 1. The predicted octanol–water partition coefficient (Wildman–Crippen LogP) is 4.02. The molecular formula is C26H30N2O5. The number of alkyl carbamates (subject to hydrolysis) is 1. The van der Waals surface area contributed by atoms with E-state index in [0.717, 1.165) is 22.3 Å². The fourth-order valence-corrected chi connectivity index (χ4v) is 5.11. The average molecular weight is 451 g/mol. The zero-order valence-corrected chi connectivity index (χ0v) is 19.0. The lowest BCUT2D eigenvalue weighted by atomic mass is 9.98. The van der Waals surface area contributed by atoms with Crippen molar-refractivity contribution in [3.63, 3.8) is 0 Å². The number of carbonyl (C=O) groups excluding carboxylic acids is 2. The smallest absolute Gasteiger partial charge is 0.407 e. The maximum absolute atomic E-state index is 13.1. The van der Waals surface area contributed by atoms with E-state index in [-0.39, 0.29) is 18.4 Å². The van der Waals surface area contributed by atoms with Crippen molar-refractivity contribution in [1.29, 1.82) is 0 Å². The number of fused-ring (bicyclic) bond motifs is 3. The number of hydrogen-bond donors (Lipinski definition) is 2. The molecule has 1 saturated heterocycles. The summed E-state index contributed by atoms with van der Waals surface area (Å²) >= 11 is 0. The largest absolute Gasteiger partial charge is 0.481 e. The second kappa shape index (κ2) is 9.65. The Morgan fingerprint density at radius 2 is 1.70 bits per heavy atom. The van der Waals surface area contributed by atoms with E-state index in [2.05, 4.69) is 29.6 Å². The Bertz CT molecular complexity index is 1010. The Morgan fingerprint density at radius 3 is 2.24 bits per heavy atom. The fourth-order valence-electron chi connectivity index (χ4n) is 5.11. The number of benzene rings is 2. The molecule has 0 spiro atoms. The normalized spacial score (nSPS) is 20.1. The van der Waals surface area contributed by atoms with Crippen LogP contribution in [0.4, 0.5) is 4.79 Å². The molecular weight excluding hydrogens is 420 g/mol. The summed E-state index contributed by atoms with van der Waals surface area (Å²) in [7, 11) is 0. The third-order valence-electron chi connectivity index (χ3n) is 6.87. The number of carbonyl (C=O) groups is 3. The lowest BCUT2D eigenvalue weighted by molar-refractivity contribution is -0.143. The van der Waals surface area contributed by atoms with Crippen molar-refractivity contribution in [1.82, 2.24) is 10.2 Å². The van der Waals surface area contributed by atoms with Crippen molar-refractivity contribution in [2.75, 3.05) is 13.2 Å². The minimum Gasteiger partial charge on any atom is -0.481 e. The summed E-state index contributed by atoms with van der Waals surface area (Å²) in [4.78, 5) is 38.8. The summed E-state index contributed by atoms with van der Waals surface area (Å²) < 4.78 is 5.60. The van der Waals surface area contributed by atoms with Crippen LogP contribution in [0.2, 0.25) is 0 Å². The van der Waals surface area contributed by atoms with E-state index in [0.29, 0.717) is 25.8 Å². The first kappa shape index (κ1) is 22.8. The molecule has 0 bridgehead atoms. The lowest BCUT2D eigenvalue weighted by Crippen LogP contribution is -2.50. The van der Waals surface area contributed by atoms with Crippen LogP contribution in [0.25, 0.3) is 11.1 Å². The van der Waals surface area contributed by atoms with E-state index in [9.17, 15) is 19.5 Å². The second-order valence-electron chi connectivity index (χ2n) is 8.82. The highest BCUT2D eigenvalue weighted by Gasteiger charge is 2.40. The SMILES string of the molecule is CCC[C@H](NC(=O)OCC1c2ccccc2-c2ccccc21)C(=O)N1CCC(C(=O)O)C1C. The number of hydrogen-bond acceptors (Lipinski definition) is 4. The first-order valence-electron chi connectivity index (χ1n) is 11.6. The summed E-state index contributed by atoms with van der Waals surface area (Å²) in [5, 5.41) is 12.1. The Kier molecular flexibility index (Phi) is 6.67. The molecule has 33 heavy (non-hydrogen) atoms. The molecule has 7 nitrogen and oxygen atoms in total. The van der Waals surface area contributed by atoms with Gasteiger partial charge in [0.1, 0.15) is 12.6 Å². The zero-order chi connectivity index (χ0) is 23.5. The van der Waals surface area contributed by atoms with Gasteiger partial charge in [-0.1, -0.05) is 61.9 Å². The molecule has 2 aliphatic rings. The molecule has 0 aromatic heterocycles. The molecule has 1 fully saturated rings. The fraction of sp³-hybridized carbons (Fsp3) is 0.423. The van der Waals surface area contributed by atoms with Crippen LogP contribution < -0.4 is 5.32 Å². The molecule has 1 aliphatic heterocycles. The Balaban J connectivity index is 1.41. The van der Waals surface area contributed by atoms with Gasteiger partial charge in [0.05, 0.1) is 5.92 Å². The monoisotopic (exact) mass is 450 g/mol. The minimum atomic E-state index is -0.894. The quantitative estimate of drug-likeness (QED) is 0.664. The Labute approximate surface area is 193 Å². The molecule has 2 amide bonds. The first-order valence-corrected chi connectivity index (χ1v) is 11.6. The number of amides is 2. The number of nitrogens with zero attached hydrogens (tertiary/aromatic N) is 1. The van der Waals surface area contributed by atoms with Gasteiger partial charge in [0, 0.05) is 18.5 Å². The summed E-state index contributed by atoms with van der Waals surface area (Å²) in [5.41, 5.74) is 4.55. The Morgan fingerprint density at radius 1 is 1.09 bits per heavy atom. The highest BCUT2D eigenvalue weighted by molar-refractivity contribution is 5.87. The van der Waals surface area contributed by atoms with Crippen LogP contribution in [0.1, 0.15) is 50.2 Å². The molecule has 0 radical (unpaired) electrons. The zero-order valence-electron chi connectivity index (χ0n) is 19.0. The molecule has 7 heteroatoms. The van der Waals surface area contributed by atoms with Crippen molar-refractivity contribution in [2.45, 2.75) is 51.1 Å². The van der Waals surface area contributed by atoms with Gasteiger partial charge in [0.2, 0.25) is 5.91 Å². The lowest BCUT2D eigenvalue weighted by Gasteiger charge is -2.28. The van der Waals surface area contributed by atoms with E-state index in [4.69, 9.17) is 4.74 Å². The van der Waals surface area contributed by atoms with Crippen LogP contribution in [-0.4, -0.2) is 53.2 Å². The second-order valence-corrected chi connectivity index (χ2v) is 8.82. The van der Waals surface area contributed by atoms with Gasteiger partial charge in [-0.15, -0.1) is 0 Å². The molecule has 2 aromatic carbocycles. The molecule has 0 saturated carbocycles. The van der Waals surface area contributed by atoms with Gasteiger partial charge in [-0.05, 0) is 42.0 Å². The summed E-state index contributed by atoms with van der Waals surface area (Å²) in [6, 6.07) is 15.1. The summed E-state index contributed by atoms with van der Waals surface area (Å²) in [5.74, 6) is -1.78. The van der Waals surface area contributed by atoms with Crippen LogP contribution in [-0.2, 0) is 14.3 Å². The van der Waals surface area contributed by atoms with Crippen LogP contribution in [0.5, 0.6) is 0 Å². The van der Waals surface area contributed by atoms with Gasteiger partial charge in [0.15, 0.2) is 0 Å². The van der Waals surface area contributed by atoms with Crippen LogP contribution in [0.3, 0.4) is 0 Å². The van der Waals surface area contributed by atoms with Crippen molar-refractivity contribution in [2.24, 2.45) is 5.92 Å². The van der Waals surface area contributed by atoms with Gasteiger partial charge >= 0.3 is 12.1 Å². The number of nitrogens with one attached hydrogen (secondary N) is 1. The van der Waals surface area contributed by atoms with Crippen LogP contribution >= 0.6 is 0 Å². The molecule has 3 atom stereocenters. The third kappa shape index (κ3) is 4.45. The Hall–Kier alpha value is -3.35. The highest BCUT2D eigenvalue weighted by atomic mass is 16.5. The van der Waals surface area contributed by atoms with Crippen molar-refractivity contribution >= 4 is 18.0 Å². The standard InChI is InChI=1S/C26H30N2O5/c1-3-8-23(24(29)28-14-13-17(16(28)2)25(30)31)27-26(32)33-15-22-20-11-6-4-9-18(20)19-10-5-7-12-21(19)22/h4-7,9-12,16-17,22-23H,3,8,13-15H2,1-2H3,(H,27,32)(H,30,31)/t16?,17?,23-/m0/s1. The maximum Gasteiger partial charge on any atom is 0.407 e. The maximum atomic E-state index is 13.1. The highest BCUT2D eigenvalue weighted by Crippen LogP contribution is 2.44. The number of carboxylic acid groups (broad SMARTS) is 1. The van der Waals surface area contributed by atoms with Crippen LogP contribution in [0, 0.1) is 5.92 Å². The predicted molar refractivity (Wildman–Crippen MR) is 124 cm³/mol. The number of carboxylic acids is 1. The van der Waals surface area contributed by atoms with E-state index in [1.54, 1.807) is 11.8 Å². The molecule has 2 aromatic rings. The van der Waals surface area contributed by atoms with Crippen molar-refractivity contribution in [3.8, 4) is 11.1 Å². The van der Waals surface area contributed by atoms with Crippen LogP contribution in [0.15, 0.2) is 48.5 Å². The topological polar surface area (TPSA) is 95.9 Å². The van der Waals surface area contributed by atoms with E-state index in [1.807, 2.05) is 31.2 Å². The number of rotatable bonds is 7. The van der Waals surface area contributed by atoms with E-state index in [1.165, 1.54) is 0 Å². The third-order valence-corrected chi connectivity index (χ3v) is 6.87. The van der Waals surface area contributed by atoms with Gasteiger partial charge in [-0.2, -0.15) is 0 Å². The van der Waals surface area contributed by atoms with Gasteiger partial charge in [-0.3, -0.25) is 9.59 Å². The summed E-state index contributed by atoms with van der Waals surface area (Å²) in [6.45, 7) is 4.24. The van der Waals surface area contributed by atoms with Gasteiger partial charge < -0.3 is 20.1 Å². The van der Waals surface area contributed by atoms with Gasteiger partial charge in [-0.25, -0.2) is 4.79 Å². The van der Waals surface area contributed by atoms with Crippen molar-refractivity contribution in [3.05, 3.63) is 59.7 Å². The van der Waals surface area contributed by atoms with Gasteiger partial charge in [0.25, 0.3) is 0 Å². The molecule has 174 valence electrons. The number of likely N-dealkylation sites (tertiary alicyclic amines) is 1. The van der Waals surface area contributed by atoms with E-state index < -0.39 is 30.1 Å². The summed E-state index contributed by atoms with van der Waals surface area (Å²) in [6.07, 6.45) is 0.950. The first-order chi connectivity index (χ1) is 15.9. The minimum absolute atomic E-state index is 0.0570. The molecule has 4 rings (SSSR count). The molecule has 1 heterocycles. The average Bonchev–Trinajstić information content (AvgIpc) is 3.35. The van der Waals surface area contributed by atoms with E-state index >= 15 is 0 Å².